The highest BCUT2D eigenvalue weighted by molar-refractivity contribution is 9.10. The predicted molar refractivity (Wildman–Crippen MR) is 113 cm³/mol. The maximum absolute atomic E-state index is 6.45. The average Bonchev–Trinajstić information content (AvgIpc) is 2.72. The van der Waals surface area contributed by atoms with Gasteiger partial charge in [-0.05, 0) is 47.1 Å². The van der Waals surface area contributed by atoms with Crippen LogP contribution >= 0.6 is 15.9 Å². The Morgan fingerprint density at radius 3 is 2.30 bits per heavy atom. The highest BCUT2D eigenvalue weighted by atomic mass is 79.9. The molecule has 1 fully saturated rings. The molecule has 0 saturated carbocycles. The Hall–Kier alpha value is -1.90. The molecule has 0 N–H and O–H groups in total. The molecule has 0 aromatic heterocycles. The van der Waals surface area contributed by atoms with E-state index in [1.54, 1.807) is 0 Å². The summed E-state index contributed by atoms with van der Waals surface area (Å²) in [6.45, 7) is 0.844. The van der Waals surface area contributed by atoms with Crippen molar-refractivity contribution in [2.24, 2.45) is 11.8 Å². The minimum Gasteiger partial charge on any atom is -0.373 e. The second kappa shape index (κ2) is 7.26. The molecule has 1 aliphatic heterocycles. The third-order valence-corrected chi connectivity index (χ3v) is 7.03. The van der Waals surface area contributed by atoms with Gasteiger partial charge in [-0.3, -0.25) is 0 Å². The summed E-state index contributed by atoms with van der Waals surface area (Å²) in [6, 6.07) is 28.6. The van der Waals surface area contributed by atoms with E-state index in [2.05, 4.69) is 94.8 Å². The highest BCUT2D eigenvalue weighted by Gasteiger charge is 2.45. The fourth-order valence-electron chi connectivity index (χ4n) is 5.16. The minimum absolute atomic E-state index is 0.123. The molecular formula is C25H23BrO. The second-order valence-corrected chi connectivity index (χ2v) is 8.58. The van der Waals surface area contributed by atoms with Gasteiger partial charge in [0.25, 0.3) is 0 Å². The Balaban J connectivity index is 1.68. The van der Waals surface area contributed by atoms with E-state index in [0.29, 0.717) is 17.8 Å². The zero-order chi connectivity index (χ0) is 18.2. The molecule has 27 heavy (non-hydrogen) atoms. The summed E-state index contributed by atoms with van der Waals surface area (Å²) in [4.78, 5) is 0. The summed E-state index contributed by atoms with van der Waals surface area (Å²) in [7, 11) is 0. The lowest BCUT2D eigenvalue weighted by Gasteiger charge is -2.47. The first-order valence-corrected chi connectivity index (χ1v) is 10.6. The van der Waals surface area contributed by atoms with Crippen LogP contribution in [0.5, 0.6) is 0 Å². The van der Waals surface area contributed by atoms with Gasteiger partial charge in [0.2, 0.25) is 0 Å². The van der Waals surface area contributed by atoms with Gasteiger partial charge in [-0.15, -0.1) is 0 Å². The summed E-state index contributed by atoms with van der Waals surface area (Å²) in [5.41, 5.74) is 5.68. The van der Waals surface area contributed by atoms with Gasteiger partial charge >= 0.3 is 0 Å². The summed E-state index contributed by atoms with van der Waals surface area (Å²) in [5, 5.41) is 0. The molecular weight excluding hydrogens is 396 g/mol. The maximum atomic E-state index is 6.45. The van der Waals surface area contributed by atoms with Crippen molar-refractivity contribution in [2.45, 2.75) is 24.9 Å². The van der Waals surface area contributed by atoms with Gasteiger partial charge in [-0.25, -0.2) is 0 Å². The number of halogens is 1. The van der Waals surface area contributed by atoms with Gasteiger partial charge in [-0.1, -0.05) is 88.7 Å². The average molecular weight is 419 g/mol. The van der Waals surface area contributed by atoms with Gasteiger partial charge in [-0.2, -0.15) is 0 Å². The molecule has 1 heterocycles. The number of benzene rings is 3. The number of rotatable bonds is 2. The van der Waals surface area contributed by atoms with Crippen molar-refractivity contribution >= 4 is 15.9 Å². The SMILES string of the molecule is Brc1ccccc1[C@@H]1OCC[C@@H]2Cc3ccccc3[C@H](c3ccccc3)[C@H]21. The van der Waals surface area contributed by atoms with Crippen molar-refractivity contribution < 1.29 is 4.74 Å². The van der Waals surface area contributed by atoms with E-state index in [-0.39, 0.29) is 6.10 Å². The van der Waals surface area contributed by atoms with Gasteiger partial charge in [0.15, 0.2) is 0 Å². The van der Waals surface area contributed by atoms with E-state index < -0.39 is 0 Å². The van der Waals surface area contributed by atoms with E-state index in [4.69, 9.17) is 4.74 Å². The van der Waals surface area contributed by atoms with Crippen molar-refractivity contribution in [1.29, 1.82) is 0 Å². The van der Waals surface area contributed by atoms with E-state index >= 15 is 0 Å². The van der Waals surface area contributed by atoms with Crippen LogP contribution in [0.15, 0.2) is 83.3 Å². The normalized spacial score (nSPS) is 26.9. The molecule has 2 heteroatoms. The predicted octanol–water partition coefficient (Wildman–Crippen LogP) is 6.53. The molecule has 1 saturated heterocycles. The molecule has 3 aromatic carbocycles. The van der Waals surface area contributed by atoms with Crippen molar-refractivity contribution in [1.82, 2.24) is 0 Å². The molecule has 0 spiro atoms. The Labute approximate surface area is 169 Å². The molecule has 3 aromatic rings. The van der Waals surface area contributed by atoms with E-state index in [0.717, 1.165) is 23.9 Å². The smallest absolute Gasteiger partial charge is 0.0875 e. The molecule has 4 atom stereocenters. The lowest BCUT2D eigenvalue weighted by atomic mass is 9.62. The molecule has 0 bridgehead atoms. The number of ether oxygens (including phenoxy) is 1. The molecule has 0 unspecified atom stereocenters. The fraction of sp³-hybridized carbons (Fsp3) is 0.280. The topological polar surface area (TPSA) is 9.23 Å². The number of hydrogen-bond donors (Lipinski definition) is 0. The van der Waals surface area contributed by atoms with E-state index in [9.17, 15) is 0 Å². The van der Waals surface area contributed by atoms with Crippen LogP contribution in [0.2, 0.25) is 0 Å². The lowest BCUT2D eigenvalue weighted by molar-refractivity contribution is -0.0689. The van der Waals surface area contributed by atoms with Crippen molar-refractivity contribution in [3.63, 3.8) is 0 Å². The van der Waals surface area contributed by atoms with Crippen LogP contribution in [0, 0.1) is 11.8 Å². The van der Waals surface area contributed by atoms with Crippen LogP contribution in [-0.4, -0.2) is 6.61 Å². The van der Waals surface area contributed by atoms with Gasteiger partial charge in [0.1, 0.15) is 0 Å². The summed E-state index contributed by atoms with van der Waals surface area (Å²) in [6.07, 6.45) is 2.43. The van der Waals surface area contributed by atoms with Crippen LogP contribution in [0.3, 0.4) is 0 Å². The molecule has 2 aliphatic rings. The fourth-order valence-corrected chi connectivity index (χ4v) is 5.67. The van der Waals surface area contributed by atoms with Crippen LogP contribution < -0.4 is 0 Å². The maximum Gasteiger partial charge on any atom is 0.0875 e. The van der Waals surface area contributed by atoms with Gasteiger partial charge < -0.3 is 4.74 Å². The summed E-state index contributed by atoms with van der Waals surface area (Å²) >= 11 is 3.78. The number of hydrogen-bond acceptors (Lipinski definition) is 1. The van der Waals surface area contributed by atoms with Gasteiger partial charge in [0, 0.05) is 22.9 Å². The Kier molecular flexibility index (Phi) is 4.63. The molecule has 1 aliphatic carbocycles. The molecule has 1 nitrogen and oxygen atoms in total. The Morgan fingerprint density at radius 2 is 1.48 bits per heavy atom. The van der Waals surface area contributed by atoms with Crippen molar-refractivity contribution in [3.8, 4) is 0 Å². The Bertz CT molecular complexity index is 936. The first-order valence-electron chi connectivity index (χ1n) is 9.81. The molecule has 5 rings (SSSR count). The second-order valence-electron chi connectivity index (χ2n) is 7.73. The van der Waals surface area contributed by atoms with Crippen molar-refractivity contribution in [3.05, 3.63) is 106 Å². The standard InChI is InChI=1S/C25H23BrO/c26-22-13-7-6-12-21(22)25-24-19(14-15-27-25)16-18-10-4-5-11-20(18)23(24)17-8-2-1-3-9-17/h1-13,19,23-25H,14-16H2/t19-,23+,24+,25+/m1/s1. The zero-order valence-electron chi connectivity index (χ0n) is 15.2. The van der Waals surface area contributed by atoms with Crippen molar-refractivity contribution in [2.75, 3.05) is 6.61 Å². The monoisotopic (exact) mass is 418 g/mol. The minimum atomic E-state index is 0.123. The number of fused-ring (bicyclic) bond motifs is 2. The molecule has 136 valence electrons. The first kappa shape index (κ1) is 17.2. The zero-order valence-corrected chi connectivity index (χ0v) is 16.8. The lowest BCUT2D eigenvalue weighted by Crippen LogP contribution is -2.40. The third-order valence-electron chi connectivity index (χ3n) is 6.31. The van der Waals surface area contributed by atoms with Crippen LogP contribution in [0.4, 0.5) is 0 Å². The largest absolute Gasteiger partial charge is 0.373 e. The quantitative estimate of drug-likeness (QED) is 0.459. The summed E-state index contributed by atoms with van der Waals surface area (Å²) < 4.78 is 7.61. The van der Waals surface area contributed by atoms with Crippen LogP contribution in [0.25, 0.3) is 0 Å². The molecule has 0 radical (unpaired) electrons. The highest BCUT2D eigenvalue weighted by Crippen LogP contribution is 2.53. The first-order chi connectivity index (χ1) is 13.3. The Morgan fingerprint density at radius 1 is 0.778 bits per heavy atom. The van der Waals surface area contributed by atoms with E-state index in [1.165, 1.54) is 22.3 Å². The van der Waals surface area contributed by atoms with E-state index in [1.807, 2.05) is 0 Å². The van der Waals surface area contributed by atoms with Crippen LogP contribution in [-0.2, 0) is 11.2 Å². The van der Waals surface area contributed by atoms with Crippen LogP contribution in [0.1, 0.15) is 40.7 Å². The summed E-state index contributed by atoms with van der Waals surface area (Å²) in [5.74, 6) is 1.48. The van der Waals surface area contributed by atoms with Gasteiger partial charge in [0.05, 0.1) is 6.10 Å². The third kappa shape index (κ3) is 3.05. The molecule has 0 amide bonds.